The van der Waals surface area contributed by atoms with E-state index in [1.807, 2.05) is 6.92 Å². The number of rotatable bonds is 8. The quantitative estimate of drug-likeness (QED) is 0.687. The van der Waals surface area contributed by atoms with Crippen LogP contribution in [0.3, 0.4) is 0 Å². The molecule has 0 spiro atoms. The number of carbonyl (C=O) groups is 1. The molecule has 0 amide bonds. The van der Waals surface area contributed by atoms with Crippen LogP contribution in [0.25, 0.3) is 0 Å². The number of aryl methyl sites for hydroxylation is 1. The highest BCUT2D eigenvalue weighted by atomic mass is 32.1. The molecule has 0 saturated heterocycles. The predicted molar refractivity (Wildman–Crippen MR) is 77.8 cm³/mol. The third-order valence-electron chi connectivity index (χ3n) is 3.49. The first kappa shape index (κ1) is 16.1. The molecule has 5 heteroatoms. The van der Waals surface area contributed by atoms with Crippen molar-refractivity contribution in [1.82, 2.24) is 5.32 Å². The van der Waals surface area contributed by atoms with Gasteiger partial charge in [0.15, 0.2) is 0 Å². The largest absolute Gasteiger partial charge is 0.477 e. The number of carboxylic acids is 1. The zero-order chi connectivity index (χ0) is 14.4. The van der Waals surface area contributed by atoms with Crippen LogP contribution in [0.15, 0.2) is 6.07 Å². The van der Waals surface area contributed by atoms with Crippen LogP contribution in [-0.2, 0) is 6.54 Å². The van der Waals surface area contributed by atoms with E-state index in [9.17, 15) is 9.90 Å². The van der Waals surface area contributed by atoms with E-state index in [2.05, 4.69) is 19.2 Å². The molecule has 0 aliphatic rings. The summed E-state index contributed by atoms with van der Waals surface area (Å²) in [5.41, 5.74) is 0.999. The monoisotopic (exact) mass is 285 g/mol. The molecule has 1 unspecified atom stereocenters. The number of thiophene rings is 1. The van der Waals surface area contributed by atoms with Crippen molar-refractivity contribution in [1.29, 1.82) is 0 Å². The number of aliphatic hydroxyl groups is 1. The lowest BCUT2D eigenvalue weighted by Crippen LogP contribution is -2.32. The Morgan fingerprint density at radius 2 is 2.05 bits per heavy atom. The Bertz CT molecular complexity index is 413. The first-order valence-electron chi connectivity index (χ1n) is 6.70. The maximum atomic E-state index is 10.9. The van der Waals surface area contributed by atoms with Gasteiger partial charge in [-0.2, -0.15) is 0 Å². The molecule has 3 N–H and O–H groups in total. The Kier molecular flexibility index (Phi) is 6.48. The van der Waals surface area contributed by atoms with Crippen LogP contribution in [0.4, 0.5) is 0 Å². The van der Waals surface area contributed by atoms with Crippen LogP contribution >= 0.6 is 11.3 Å². The SMILES string of the molecule is CCC(CC)C(O)CNCc1cc(C(=O)O)sc1C. The molecule has 0 aliphatic carbocycles. The van der Waals surface area contributed by atoms with Gasteiger partial charge < -0.3 is 15.5 Å². The molecule has 108 valence electrons. The van der Waals surface area contributed by atoms with Crippen LogP contribution in [0.1, 0.15) is 46.8 Å². The summed E-state index contributed by atoms with van der Waals surface area (Å²) in [5, 5.41) is 22.1. The first-order chi connectivity index (χ1) is 8.99. The lowest BCUT2D eigenvalue weighted by atomic mass is 9.96. The number of aliphatic hydroxyl groups excluding tert-OH is 1. The molecule has 19 heavy (non-hydrogen) atoms. The molecule has 1 atom stereocenters. The summed E-state index contributed by atoms with van der Waals surface area (Å²) in [6, 6.07) is 1.71. The summed E-state index contributed by atoms with van der Waals surface area (Å²) in [5.74, 6) is -0.554. The maximum Gasteiger partial charge on any atom is 0.345 e. The van der Waals surface area contributed by atoms with E-state index < -0.39 is 5.97 Å². The molecule has 1 heterocycles. The average molecular weight is 285 g/mol. The lowest BCUT2D eigenvalue weighted by Gasteiger charge is -2.20. The maximum absolute atomic E-state index is 10.9. The highest BCUT2D eigenvalue weighted by Gasteiger charge is 2.15. The fourth-order valence-electron chi connectivity index (χ4n) is 2.15. The summed E-state index contributed by atoms with van der Waals surface area (Å²) in [6.07, 6.45) is 1.60. The van der Waals surface area contributed by atoms with Gasteiger partial charge in [0, 0.05) is 18.0 Å². The second-order valence-electron chi connectivity index (χ2n) is 4.77. The van der Waals surface area contributed by atoms with Gasteiger partial charge in [-0.05, 0) is 24.5 Å². The number of hydrogen-bond donors (Lipinski definition) is 3. The molecule has 0 radical (unpaired) electrons. The minimum Gasteiger partial charge on any atom is -0.477 e. The van der Waals surface area contributed by atoms with Gasteiger partial charge in [0.05, 0.1) is 6.10 Å². The molecule has 1 rings (SSSR count). The fourth-order valence-corrected chi connectivity index (χ4v) is 3.04. The summed E-state index contributed by atoms with van der Waals surface area (Å²) >= 11 is 1.29. The Morgan fingerprint density at radius 3 is 2.53 bits per heavy atom. The van der Waals surface area contributed by atoms with E-state index in [-0.39, 0.29) is 6.10 Å². The van der Waals surface area contributed by atoms with Crippen molar-refractivity contribution in [2.75, 3.05) is 6.54 Å². The molecule has 4 nitrogen and oxygen atoms in total. The molecule has 0 aliphatic heterocycles. The fraction of sp³-hybridized carbons (Fsp3) is 0.643. The third kappa shape index (κ3) is 4.60. The molecular weight excluding hydrogens is 262 g/mol. The molecule has 0 saturated carbocycles. The van der Waals surface area contributed by atoms with Gasteiger partial charge in [-0.25, -0.2) is 4.79 Å². The van der Waals surface area contributed by atoms with Crippen LogP contribution in [0.5, 0.6) is 0 Å². The van der Waals surface area contributed by atoms with Crippen molar-refractivity contribution in [3.05, 3.63) is 21.4 Å². The zero-order valence-electron chi connectivity index (χ0n) is 11.8. The minimum absolute atomic E-state index is 0.325. The van der Waals surface area contributed by atoms with Crippen LogP contribution in [-0.4, -0.2) is 28.8 Å². The van der Waals surface area contributed by atoms with Gasteiger partial charge in [0.25, 0.3) is 0 Å². The van der Waals surface area contributed by atoms with Gasteiger partial charge in [0.2, 0.25) is 0 Å². The molecular formula is C14H23NO3S. The molecule has 1 aromatic heterocycles. The second-order valence-corrected chi connectivity index (χ2v) is 6.03. The first-order valence-corrected chi connectivity index (χ1v) is 7.52. The molecule has 0 bridgehead atoms. The van der Waals surface area contributed by atoms with E-state index in [1.54, 1.807) is 6.07 Å². The number of carboxylic acid groups (broad SMARTS) is 1. The van der Waals surface area contributed by atoms with Crippen LogP contribution < -0.4 is 5.32 Å². The van der Waals surface area contributed by atoms with Crippen molar-refractivity contribution in [2.24, 2.45) is 5.92 Å². The Labute approximate surface area is 118 Å². The van der Waals surface area contributed by atoms with Crippen molar-refractivity contribution < 1.29 is 15.0 Å². The van der Waals surface area contributed by atoms with Crippen molar-refractivity contribution in [2.45, 2.75) is 46.3 Å². The smallest absolute Gasteiger partial charge is 0.345 e. The van der Waals surface area contributed by atoms with Gasteiger partial charge >= 0.3 is 5.97 Å². The van der Waals surface area contributed by atoms with E-state index in [1.165, 1.54) is 11.3 Å². The Balaban J connectivity index is 2.47. The van der Waals surface area contributed by atoms with E-state index >= 15 is 0 Å². The van der Waals surface area contributed by atoms with Crippen LogP contribution in [0, 0.1) is 12.8 Å². The highest BCUT2D eigenvalue weighted by molar-refractivity contribution is 7.14. The molecule has 0 fully saturated rings. The summed E-state index contributed by atoms with van der Waals surface area (Å²) in [6.45, 7) is 7.24. The molecule has 1 aromatic rings. The van der Waals surface area contributed by atoms with Crippen molar-refractivity contribution in [3.8, 4) is 0 Å². The standard InChI is InChI=1S/C14H23NO3S/c1-4-10(5-2)12(16)8-15-7-11-6-13(14(17)18)19-9(11)3/h6,10,12,15-16H,4-5,7-8H2,1-3H3,(H,17,18). The zero-order valence-corrected chi connectivity index (χ0v) is 12.6. The number of aromatic carboxylic acids is 1. The number of hydrogen-bond acceptors (Lipinski definition) is 4. The lowest BCUT2D eigenvalue weighted by molar-refractivity contribution is 0.0702. The highest BCUT2D eigenvalue weighted by Crippen LogP contribution is 2.21. The summed E-state index contributed by atoms with van der Waals surface area (Å²) in [7, 11) is 0. The van der Waals surface area contributed by atoms with E-state index in [0.717, 1.165) is 23.3 Å². The summed E-state index contributed by atoms with van der Waals surface area (Å²) < 4.78 is 0. The Morgan fingerprint density at radius 1 is 1.42 bits per heavy atom. The van der Waals surface area contributed by atoms with E-state index in [4.69, 9.17) is 5.11 Å². The molecule has 0 aromatic carbocycles. The number of nitrogens with one attached hydrogen (secondary N) is 1. The van der Waals surface area contributed by atoms with Gasteiger partial charge in [-0.1, -0.05) is 26.7 Å². The summed E-state index contributed by atoms with van der Waals surface area (Å²) in [4.78, 5) is 12.3. The van der Waals surface area contributed by atoms with Crippen molar-refractivity contribution >= 4 is 17.3 Å². The van der Waals surface area contributed by atoms with Gasteiger partial charge in [-0.15, -0.1) is 11.3 Å². The minimum atomic E-state index is -0.878. The average Bonchev–Trinajstić information content (AvgIpc) is 2.73. The van der Waals surface area contributed by atoms with Gasteiger partial charge in [0.1, 0.15) is 4.88 Å². The van der Waals surface area contributed by atoms with Crippen molar-refractivity contribution in [3.63, 3.8) is 0 Å². The van der Waals surface area contributed by atoms with Crippen LogP contribution in [0.2, 0.25) is 0 Å². The van der Waals surface area contributed by atoms with Gasteiger partial charge in [-0.3, -0.25) is 0 Å². The predicted octanol–water partition coefficient (Wildman–Crippen LogP) is 2.64. The normalized spacial score (nSPS) is 12.9. The third-order valence-corrected chi connectivity index (χ3v) is 4.57. The Hall–Kier alpha value is -0.910. The topological polar surface area (TPSA) is 69.6 Å². The second kappa shape index (κ2) is 7.62. The van der Waals surface area contributed by atoms with E-state index in [0.29, 0.717) is 23.9 Å².